The lowest BCUT2D eigenvalue weighted by atomic mass is 10.2. The number of phenols is 1. The summed E-state index contributed by atoms with van der Waals surface area (Å²) in [6.07, 6.45) is 0.569. The second-order valence-corrected chi connectivity index (χ2v) is 8.26. The molecule has 10 heteroatoms. The van der Waals surface area contributed by atoms with Crippen molar-refractivity contribution in [2.45, 2.75) is 10.1 Å². The van der Waals surface area contributed by atoms with Gasteiger partial charge in [0.05, 0.1) is 10.5 Å². The minimum absolute atomic E-state index is 0.0354. The maximum Gasteiger partial charge on any atom is 0.270 e. The second-order valence-electron chi connectivity index (χ2n) is 6.34. The smallest absolute Gasteiger partial charge is 0.270 e. The van der Waals surface area contributed by atoms with Crippen molar-refractivity contribution in [1.82, 2.24) is 14.8 Å². The van der Waals surface area contributed by atoms with E-state index in [1.807, 2.05) is 30.3 Å². The average Bonchev–Trinajstić information content (AvgIpc) is 3.19. The van der Waals surface area contributed by atoms with Crippen LogP contribution in [-0.4, -0.2) is 31.1 Å². The molecule has 1 heterocycles. The summed E-state index contributed by atoms with van der Waals surface area (Å²) in [5.41, 5.74) is 1.22. The summed E-state index contributed by atoms with van der Waals surface area (Å²) in [4.78, 5) is 22.5. The number of non-ortho nitro benzene ring substituents is 1. The summed E-state index contributed by atoms with van der Waals surface area (Å²) in [5.74, 6) is 0.440. The third-order valence-electron chi connectivity index (χ3n) is 4.38. The fraction of sp³-hybridized carbons (Fsp3) is 0. The predicted molar refractivity (Wildman–Crippen MR) is 119 cm³/mol. The molecule has 0 saturated carbocycles. The Kier molecular flexibility index (Phi) is 5.83. The van der Waals surface area contributed by atoms with E-state index >= 15 is 0 Å². The molecule has 154 valence electrons. The Morgan fingerprint density at radius 2 is 1.84 bits per heavy atom. The van der Waals surface area contributed by atoms with E-state index in [-0.39, 0.29) is 17.0 Å². The van der Waals surface area contributed by atoms with Crippen LogP contribution < -0.4 is 0 Å². The molecule has 0 aliphatic rings. The van der Waals surface area contributed by atoms with Gasteiger partial charge in [0.2, 0.25) is 5.16 Å². The number of carbonyl (C=O) groups excluding carboxylic acids is 1. The van der Waals surface area contributed by atoms with Crippen LogP contribution in [0.1, 0.15) is 10.4 Å². The summed E-state index contributed by atoms with van der Waals surface area (Å²) in [5, 5.41) is 30.4. The van der Waals surface area contributed by atoms with Crippen molar-refractivity contribution in [3.05, 3.63) is 86.9 Å². The first-order chi connectivity index (χ1) is 15.0. The molecule has 0 spiro atoms. The Balaban J connectivity index is 1.86. The van der Waals surface area contributed by atoms with Gasteiger partial charge in [0.15, 0.2) is 12.1 Å². The fourth-order valence-electron chi connectivity index (χ4n) is 2.94. The number of nitrogens with zero attached hydrogens (tertiary/aromatic N) is 4. The summed E-state index contributed by atoms with van der Waals surface area (Å²) >= 11 is 4.55. The molecular formula is C21H13BrN4O4S. The number of para-hydroxylation sites is 1. The van der Waals surface area contributed by atoms with Crippen LogP contribution in [0.15, 0.2) is 81.3 Å². The topological polar surface area (TPSA) is 111 Å². The summed E-state index contributed by atoms with van der Waals surface area (Å²) < 4.78 is 2.51. The van der Waals surface area contributed by atoms with E-state index in [0.29, 0.717) is 27.7 Å². The van der Waals surface area contributed by atoms with Gasteiger partial charge in [0.25, 0.3) is 5.69 Å². The lowest BCUT2D eigenvalue weighted by Gasteiger charge is -2.12. The van der Waals surface area contributed by atoms with E-state index in [9.17, 15) is 20.0 Å². The van der Waals surface area contributed by atoms with Crippen LogP contribution >= 0.6 is 27.7 Å². The highest BCUT2D eigenvalue weighted by molar-refractivity contribution is 9.10. The molecular weight excluding hydrogens is 484 g/mol. The number of hydrogen-bond donors (Lipinski definition) is 1. The second kappa shape index (κ2) is 8.70. The number of benzene rings is 3. The number of halogens is 1. The van der Waals surface area contributed by atoms with E-state index in [2.05, 4.69) is 26.1 Å². The molecule has 4 rings (SSSR count). The van der Waals surface area contributed by atoms with Gasteiger partial charge < -0.3 is 5.11 Å². The monoisotopic (exact) mass is 496 g/mol. The van der Waals surface area contributed by atoms with Gasteiger partial charge in [-0.25, -0.2) is 0 Å². The standard InChI is InChI=1S/C21H13BrN4O4S/c22-14-6-8-18(28)17(11-14)20-23-24-21(25(20)15-4-2-1-3-5-15)31-19-9-7-16(26(29)30)10-13(19)12-27/h1-12,28H. The van der Waals surface area contributed by atoms with Crippen LogP contribution in [0.2, 0.25) is 0 Å². The highest BCUT2D eigenvalue weighted by Gasteiger charge is 2.21. The normalized spacial score (nSPS) is 10.7. The van der Waals surface area contributed by atoms with Crippen molar-refractivity contribution < 1.29 is 14.8 Å². The van der Waals surface area contributed by atoms with Gasteiger partial charge in [-0.3, -0.25) is 19.5 Å². The summed E-state index contributed by atoms with van der Waals surface area (Å²) in [6.45, 7) is 0. The number of rotatable bonds is 6. The molecule has 0 atom stereocenters. The number of carbonyl (C=O) groups is 1. The molecule has 0 aliphatic carbocycles. The summed E-state index contributed by atoms with van der Waals surface area (Å²) in [6, 6.07) is 18.4. The lowest BCUT2D eigenvalue weighted by Crippen LogP contribution is -2.00. The zero-order chi connectivity index (χ0) is 22.0. The van der Waals surface area contributed by atoms with Crippen molar-refractivity contribution in [3.63, 3.8) is 0 Å². The molecule has 31 heavy (non-hydrogen) atoms. The zero-order valence-electron chi connectivity index (χ0n) is 15.7. The number of aromatic nitrogens is 3. The zero-order valence-corrected chi connectivity index (χ0v) is 18.1. The molecule has 8 nitrogen and oxygen atoms in total. The van der Waals surface area contributed by atoms with Gasteiger partial charge in [0, 0.05) is 32.8 Å². The average molecular weight is 497 g/mol. The molecule has 0 amide bonds. The van der Waals surface area contributed by atoms with Gasteiger partial charge in [-0.2, -0.15) is 0 Å². The molecule has 1 N–H and O–H groups in total. The van der Waals surface area contributed by atoms with Gasteiger partial charge in [-0.1, -0.05) is 34.1 Å². The van der Waals surface area contributed by atoms with Crippen molar-refractivity contribution >= 4 is 39.7 Å². The van der Waals surface area contributed by atoms with Gasteiger partial charge in [-0.05, 0) is 48.2 Å². The maximum atomic E-state index is 11.5. The van der Waals surface area contributed by atoms with Crippen molar-refractivity contribution in [1.29, 1.82) is 0 Å². The molecule has 4 aromatic rings. The maximum absolute atomic E-state index is 11.5. The van der Waals surface area contributed by atoms with E-state index in [1.165, 1.54) is 18.2 Å². The molecule has 0 fully saturated rings. The molecule has 0 bridgehead atoms. The number of nitro groups is 1. The van der Waals surface area contributed by atoms with E-state index in [4.69, 9.17) is 0 Å². The van der Waals surface area contributed by atoms with Crippen molar-refractivity contribution in [2.75, 3.05) is 0 Å². The third-order valence-corrected chi connectivity index (χ3v) is 5.91. The van der Waals surface area contributed by atoms with Crippen LogP contribution in [0.25, 0.3) is 17.1 Å². The Hall–Kier alpha value is -3.50. The van der Waals surface area contributed by atoms with E-state index in [0.717, 1.165) is 21.9 Å². The molecule has 0 aliphatic heterocycles. The third kappa shape index (κ3) is 4.21. The number of nitro benzene ring substituents is 1. The van der Waals surface area contributed by atoms with Crippen LogP contribution in [0, 0.1) is 10.1 Å². The Bertz CT molecular complexity index is 1290. The number of hydrogen-bond acceptors (Lipinski definition) is 7. The van der Waals surface area contributed by atoms with Crippen LogP contribution in [0.5, 0.6) is 5.75 Å². The Labute approximate surface area is 188 Å². The first-order valence-corrected chi connectivity index (χ1v) is 10.5. The minimum Gasteiger partial charge on any atom is -0.507 e. The Morgan fingerprint density at radius 1 is 1.06 bits per heavy atom. The predicted octanol–water partition coefficient (Wildman–Crippen LogP) is 5.27. The van der Waals surface area contributed by atoms with Crippen molar-refractivity contribution in [2.24, 2.45) is 0 Å². The highest BCUT2D eigenvalue weighted by atomic mass is 79.9. The Morgan fingerprint density at radius 3 is 2.55 bits per heavy atom. The lowest BCUT2D eigenvalue weighted by molar-refractivity contribution is -0.384. The minimum atomic E-state index is -0.554. The van der Waals surface area contributed by atoms with E-state index in [1.54, 1.807) is 22.8 Å². The molecule has 0 saturated heterocycles. The van der Waals surface area contributed by atoms with Crippen LogP contribution in [0.3, 0.4) is 0 Å². The number of aldehydes is 1. The van der Waals surface area contributed by atoms with Crippen LogP contribution in [0.4, 0.5) is 5.69 Å². The first kappa shape index (κ1) is 20.8. The van der Waals surface area contributed by atoms with Gasteiger partial charge in [-0.15, -0.1) is 10.2 Å². The highest BCUT2D eigenvalue weighted by Crippen LogP contribution is 2.37. The fourth-order valence-corrected chi connectivity index (χ4v) is 4.22. The largest absolute Gasteiger partial charge is 0.507 e. The first-order valence-electron chi connectivity index (χ1n) is 8.89. The molecule has 3 aromatic carbocycles. The molecule has 0 unspecified atom stereocenters. The quantitative estimate of drug-likeness (QED) is 0.219. The molecule has 1 aromatic heterocycles. The van der Waals surface area contributed by atoms with Gasteiger partial charge in [0.1, 0.15) is 5.75 Å². The number of phenolic OH excluding ortho intramolecular Hbond substituents is 1. The number of aromatic hydroxyl groups is 1. The summed E-state index contributed by atoms with van der Waals surface area (Å²) in [7, 11) is 0. The van der Waals surface area contributed by atoms with Crippen LogP contribution in [-0.2, 0) is 0 Å². The molecule has 0 radical (unpaired) electrons. The van der Waals surface area contributed by atoms with Crippen molar-refractivity contribution in [3.8, 4) is 22.8 Å². The van der Waals surface area contributed by atoms with E-state index < -0.39 is 4.92 Å². The SMILES string of the molecule is O=Cc1cc([N+](=O)[O-])ccc1Sc1nnc(-c2cc(Br)ccc2O)n1-c1ccccc1. The van der Waals surface area contributed by atoms with Gasteiger partial charge >= 0.3 is 0 Å².